The van der Waals surface area contributed by atoms with Crippen LogP contribution in [0.4, 0.5) is 14.5 Å². The molecule has 3 aromatic carbocycles. The van der Waals surface area contributed by atoms with Crippen LogP contribution >= 0.6 is 11.8 Å². The van der Waals surface area contributed by atoms with Gasteiger partial charge in [-0.2, -0.15) is 0 Å². The van der Waals surface area contributed by atoms with Crippen LogP contribution in [-0.2, 0) is 15.3 Å². The van der Waals surface area contributed by atoms with Crippen molar-refractivity contribution in [3.63, 3.8) is 0 Å². The van der Waals surface area contributed by atoms with Gasteiger partial charge in [0.05, 0.1) is 16.2 Å². The molecule has 2 amide bonds. The average Bonchev–Trinajstić information content (AvgIpc) is 2.99. The van der Waals surface area contributed by atoms with Gasteiger partial charge in [-0.15, -0.1) is 11.8 Å². The topological polar surface area (TPSA) is 37.4 Å². The second kappa shape index (κ2) is 8.01. The maximum atomic E-state index is 14.3. The first-order valence-corrected chi connectivity index (χ1v) is 9.85. The monoisotopic (exact) mass is 407 g/mol. The highest BCUT2D eigenvalue weighted by atomic mass is 32.2. The largest absolute Gasteiger partial charge is 0.272 e. The molecule has 0 aliphatic carbocycles. The van der Waals surface area contributed by atoms with E-state index in [1.54, 1.807) is 30.3 Å². The zero-order valence-corrected chi connectivity index (χ0v) is 16.0. The van der Waals surface area contributed by atoms with E-state index in [2.05, 4.69) is 0 Å². The Morgan fingerprint density at radius 2 is 1.45 bits per heavy atom. The van der Waals surface area contributed by atoms with Crippen molar-refractivity contribution in [3.05, 3.63) is 107 Å². The van der Waals surface area contributed by atoms with Crippen molar-refractivity contribution < 1.29 is 18.4 Å². The number of amides is 2. The maximum absolute atomic E-state index is 14.3. The molecule has 0 spiro atoms. The maximum Gasteiger partial charge on any atom is 0.272 e. The van der Waals surface area contributed by atoms with Gasteiger partial charge in [0.15, 0.2) is 0 Å². The standard InChI is InChI=1S/C23H15F2NO2S/c24-17-11-12-18(25)19(13-17)26-22(27)20(16-9-5-2-6-10-16)21(23(26)28)29-14-15-7-3-1-4-8-15/h1-13H,14H2. The Labute approximate surface area is 170 Å². The number of carbonyl (C=O) groups excluding carboxylic acids is 2. The molecule has 0 N–H and O–H groups in total. The Morgan fingerprint density at radius 3 is 2.14 bits per heavy atom. The summed E-state index contributed by atoms with van der Waals surface area (Å²) in [7, 11) is 0. The third-order valence-electron chi connectivity index (χ3n) is 4.48. The number of hydrogen-bond acceptors (Lipinski definition) is 3. The molecule has 0 unspecified atom stereocenters. The number of imide groups is 1. The smallest absolute Gasteiger partial charge is 0.268 e. The van der Waals surface area contributed by atoms with Gasteiger partial charge in [-0.25, -0.2) is 13.7 Å². The summed E-state index contributed by atoms with van der Waals surface area (Å²) in [5.74, 6) is -2.42. The minimum atomic E-state index is -0.838. The Balaban J connectivity index is 1.76. The summed E-state index contributed by atoms with van der Waals surface area (Å²) < 4.78 is 28.0. The van der Waals surface area contributed by atoms with E-state index >= 15 is 0 Å². The van der Waals surface area contributed by atoms with Crippen molar-refractivity contribution in [2.75, 3.05) is 4.90 Å². The van der Waals surface area contributed by atoms with Crippen molar-refractivity contribution in [1.82, 2.24) is 0 Å². The number of thioether (sulfide) groups is 1. The highest BCUT2D eigenvalue weighted by molar-refractivity contribution is 8.03. The minimum absolute atomic E-state index is 0.195. The lowest BCUT2D eigenvalue weighted by molar-refractivity contribution is -0.119. The molecule has 6 heteroatoms. The highest BCUT2D eigenvalue weighted by Gasteiger charge is 2.41. The molecule has 3 nitrogen and oxygen atoms in total. The van der Waals surface area contributed by atoms with Gasteiger partial charge in [-0.3, -0.25) is 9.59 Å². The van der Waals surface area contributed by atoms with E-state index in [-0.39, 0.29) is 16.2 Å². The summed E-state index contributed by atoms with van der Waals surface area (Å²) in [6.45, 7) is 0. The van der Waals surface area contributed by atoms with Crippen molar-refractivity contribution in [3.8, 4) is 0 Å². The fourth-order valence-electron chi connectivity index (χ4n) is 3.11. The zero-order valence-electron chi connectivity index (χ0n) is 15.1. The quantitative estimate of drug-likeness (QED) is 0.547. The summed E-state index contributed by atoms with van der Waals surface area (Å²) in [6, 6.07) is 21.0. The second-order valence-electron chi connectivity index (χ2n) is 6.39. The van der Waals surface area contributed by atoms with E-state index in [4.69, 9.17) is 0 Å². The summed E-state index contributed by atoms with van der Waals surface area (Å²) in [5, 5.41) is 0. The van der Waals surface area contributed by atoms with Crippen LogP contribution in [0, 0.1) is 11.6 Å². The Kier molecular flexibility index (Phi) is 5.27. The molecule has 0 atom stereocenters. The zero-order chi connectivity index (χ0) is 20.4. The Bertz CT molecular complexity index is 1110. The van der Waals surface area contributed by atoms with Gasteiger partial charge in [0.25, 0.3) is 11.8 Å². The van der Waals surface area contributed by atoms with Gasteiger partial charge in [-0.05, 0) is 23.3 Å². The predicted octanol–water partition coefficient (Wildman–Crippen LogP) is 5.18. The van der Waals surface area contributed by atoms with Crippen LogP contribution in [0.25, 0.3) is 5.57 Å². The molecule has 1 heterocycles. The molecule has 144 valence electrons. The van der Waals surface area contributed by atoms with Crippen LogP contribution in [0.2, 0.25) is 0 Å². The van der Waals surface area contributed by atoms with E-state index in [1.807, 2.05) is 30.3 Å². The number of benzene rings is 3. The molecule has 0 radical (unpaired) electrons. The van der Waals surface area contributed by atoms with E-state index < -0.39 is 23.4 Å². The molecule has 0 aromatic heterocycles. The first kappa shape index (κ1) is 19.1. The van der Waals surface area contributed by atoms with Crippen LogP contribution < -0.4 is 4.90 Å². The molecule has 0 bridgehead atoms. The fourth-order valence-corrected chi connectivity index (χ4v) is 4.18. The van der Waals surface area contributed by atoms with Gasteiger partial charge in [0, 0.05) is 11.8 Å². The summed E-state index contributed by atoms with van der Waals surface area (Å²) in [6.07, 6.45) is 0. The lowest BCUT2D eigenvalue weighted by Crippen LogP contribution is -2.32. The van der Waals surface area contributed by atoms with Gasteiger partial charge in [0.2, 0.25) is 0 Å². The van der Waals surface area contributed by atoms with E-state index in [9.17, 15) is 18.4 Å². The number of anilines is 1. The molecule has 1 aliphatic heterocycles. The van der Waals surface area contributed by atoms with Crippen LogP contribution in [0.5, 0.6) is 0 Å². The normalized spacial score (nSPS) is 14.1. The third-order valence-corrected chi connectivity index (χ3v) is 5.62. The highest BCUT2D eigenvalue weighted by Crippen LogP contribution is 2.40. The number of carbonyl (C=O) groups is 2. The van der Waals surface area contributed by atoms with Crippen molar-refractivity contribution in [2.24, 2.45) is 0 Å². The van der Waals surface area contributed by atoms with Crippen LogP contribution in [0.15, 0.2) is 83.8 Å². The number of halogens is 2. The molecule has 4 rings (SSSR count). The first-order valence-electron chi connectivity index (χ1n) is 8.86. The molecule has 0 saturated carbocycles. The number of rotatable bonds is 5. The van der Waals surface area contributed by atoms with Gasteiger partial charge < -0.3 is 0 Å². The molecular weight excluding hydrogens is 392 g/mol. The van der Waals surface area contributed by atoms with Gasteiger partial charge >= 0.3 is 0 Å². The van der Waals surface area contributed by atoms with Crippen LogP contribution in [0.1, 0.15) is 11.1 Å². The summed E-state index contributed by atoms with van der Waals surface area (Å²) in [5.41, 5.74) is 1.35. The van der Waals surface area contributed by atoms with E-state index in [0.717, 1.165) is 23.8 Å². The van der Waals surface area contributed by atoms with Crippen LogP contribution in [0.3, 0.4) is 0 Å². The molecule has 3 aromatic rings. The van der Waals surface area contributed by atoms with Crippen molar-refractivity contribution in [2.45, 2.75) is 5.75 Å². The van der Waals surface area contributed by atoms with Crippen molar-refractivity contribution in [1.29, 1.82) is 0 Å². The minimum Gasteiger partial charge on any atom is -0.268 e. The van der Waals surface area contributed by atoms with Crippen LogP contribution in [-0.4, -0.2) is 11.8 Å². The average molecular weight is 407 g/mol. The molecule has 29 heavy (non-hydrogen) atoms. The lowest BCUT2D eigenvalue weighted by atomic mass is 10.1. The molecular formula is C23H15F2NO2S. The Morgan fingerprint density at radius 1 is 0.793 bits per heavy atom. The molecule has 0 fully saturated rings. The predicted molar refractivity (Wildman–Crippen MR) is 110 cm³/mol. The summed E-state index contributed by atoms with van der Waals surface area (Å²) in [4.78, 5) is 27.2. The summed E-state index contributed by atoms with van der Waals surface area (Å²) >= 11 is 1.21. The van der Waals surface area contributed by atoms with E-state index in [1.165, 1.54) is 11.8 Å². The molecule has 0 saturated heterocycles. The fraction of sp³-hybridized carbons (Fsp3) is 0.0435. The third kappa shape index (κ3) is 3.71. The SMILES string of the molecule is O=C1C(SCc2ccccc2)=C(c2ccccc2)C(=O)N1c1cc(F)ccc1F. The lowest BCUT2D eigenvalue weighted by Gasteiger charge is -2.16. The molecule has 1 aliphatic rings. The second-order valence-corrected chi connectivity index (χ2v) is 7.37. The Hall–Kier alpha value is -3.25. The van der Waals surface area contributed by atoms with E-state index in [0.29, 0.717) is 16.2 Å². The van der Waals surface area contributed by atoms with Crippen molar-refractivity contribution >= 4 is 34.8 Å². The number of nitrogens with zero attached hydrogens (tertiary/aromatic N) is 1. The first-order chi connectivity index (χ1) is 14.1. The number of hydrogen-bond donors (Lipinski definition) is 0. The van der Waals surface area contributed by atoms with Gasteiger partial charge in [0.1, 0.15) is 11.6 Å². The van der Waals surface area contributed by atoms with Gasteiger partial charge in [-0.1, -0.05) is 60.7 Å².